The lowest BCUT2D eigenvalue weighted by molar-refractivity contribution is -0.126. The Labute approximate surface area is 108 Å². The topological polar surface area (TPSA) is 21.3 Å². The summed E-state index contributed by atoms with van der Waals surface area (Å²) in [6, 6.07) is 0.644. The average molecular weight is 241 g/mol. The minimum Gasteiger partial charge on any atom is -0.378 e. The summed E-state index contributed by atoms with van der Waals surface area (Å²) in [4.78, 5) is 0. The van der Waals surface area contributed by atoms with E-state index in [1.54, 1.807) is 0 Å². The Kier molecular flexibility index (Phi) is 5.46. The van der Waals surface area contributed by atoms with Crippen molar-refractivity contribution in [3.8, 4) is 0 Å². The summed E-state index contributed by atoms with van der Waals surface area (Å²) >= 11 is 0. The van der Waals surface area contributed by atoms with Gasteiger partial charge in [0.15, 0.2) is 0 Å². The Morgan fingerprint density at radius 1 is 1.29 bits per heavy atom. The standard InChI is InChI=1S/C15H31NO/c1-7-15(6)13(9-14(15)17-8-2)16-10-12(5)11(3)4/h11-14,16H,7-10H2,1-6H3. The molecule has 0 aromatic carbocycles. The Balaban J connectivity index is 2.41. The first-order chi connectivity index (χ1) is 7.95. The van der Waals surface area contributed by atoms with Crippen LogP contribution in [0.5, 0.6) is 0 Å². The van der Waals surface area contributed by atoms with E-state index in [-0.39, 0.29) is 0 Å². The van der Waals surface area contributed by atoms with Gasteiger partial charge >= 0.3 is 0 Å². The summed E-state index contributed by atoms with van der Waals surface area (Å²) < 4.78 is 5.83. The molecule has 4 unspecified atom stereocenters. The minimum absolute atomic E-state index is 0.340. The van der Waals surface area contributed by atoms with Crippen molar-refractivity contribution in [2.45, 2.75) is 66.5 Å². The normalized spacial score (nSPS) is 34.8. The SMILES string of the molecule is CCOC1CC(NCC(C)C(C)C)C1(C)CC. The van der Waals surface area contributed by atoms with Crippen molar-refractivity contribution in [1.29, 1.82) is 0 Å². The molecule has 102 valence electrons. The monoisotopic (exact) mass is 241 g/mol. The van der Waals surface area contributed by atoms with Crippen LogP contribution < -0.4 is 5.32 Å². The second-order valence-corrected chi connectivity index (χ2v) is 6.22. The summed E-state index contributed by atoms with van der Waals surface area (Å²) in [5.74, 6) is 1.51. The predicted molar refractivity (Wildman–Crippen MR) is 74.2 cm³/mol. The first-order valence-corrected chi connectivity index (χ1v) is 7.30. The van der Waals surface area contributed by atoms with Gasteiger partial charge in [0.05, 0.1) is 6.10 Å². The van der Waals surface area contributed by atoms with Crippen molar-refractivity contribution in [2.24, 2.45) is 17.3 Å². The van der Waals surface area contributed by atoms with Gasteiger partial charge in [0.2, 0.25) is 0 Å². The lowest BCUT2D eigenvalue weighted by Crippen LogP contribution is -2.62. The second kappa shape index (κ2) is 6.19. The quantitative estimate of drug-likeness (QED) is 0.737. The molecule has 0 spiro atoms. The molecule has 0 aromatic rings. The molecule has 1 aliphatic rings. The van der Waals surface area contributed by atoms with Crippen molar-refractivity contribution in [3.05, 3.63) is 0 Å². The van der Waals surface area contributed by atoms with Gasteiger partial charge in [-0.1, -0.05) is 34.6 Å². The molecule has 0 aliphatic heterocycles. The molecule has 2 heteroatoms. The minimum atomic E-state index is 0.340. The summed E-state index contributed by atoms with van der Waals surface area (Å²) in [6.45, 7) is 15.7. The van der Waals surface area contributed by atoms with Crippen molar-refractivity contribution in [1.82, 2.24) is 5.32 Å². The van der Waals surface area contributed by atoms with Crippen LogP contribution in [0.3, 0.4) is 0 Å². The number of hydrogen-bond donors (Lipinski definition) is 1. The molecule has 0 amide bonds. The van der Waals surface area contributed by atoms with Gasteiger partial charge in [0.25, 0.3) is 0 Å². The predicted octanol–water partition coefficient (Wildman–Crippen LogP) is 3.46. The zero-order valence-corrected chi connectivity index (χ0v) is 12.5. The summed E-state index contributed by atoms with van der Waals surface area (Å²) in [7, 11) is 0. The molecule has 1 fully saturated rings. The van der Waals surface area contributed by atoms with Gasteiger partial charge in [0, 0.05) is 18.1 Å². The van der Waals surface area contributed by atoms with Crippen LogP contribution in [0.25, 0.3) is 0 Å². The third-order valence-corrected chi connectivity index (χ3v) is 4.94. The highest BCUT2D eigenvalue weighted by Crippen LogP contribution is 2.45. The lowest BCUT2D eigenvalue weighted by Gasteiger charge is -2.54. The molecule has 4 atom stereocenters. The highest BCUT2D eigenvalue weighted by molar-refractivity contribution is 5.04. The smallest absolute Gasteiger partial charge is 0.0658 e. The first kappa shape index (κ1) is 15.0. The fraction of sp³-hybridized carbons (Fsp3) is 1.00. The maximum Gasteiger partial charge on any atom is 0.0658 e. The Morgan fingerprint density at radius 3 is 2.41 bits per heavy atom. The van der Waals surface area contributed by atoms with E-state index in [4.69, 9.17) is 4.74 Å². The summed E-state index contributed by atoms with van der Waals surface area (Å²) in [5.41, 5.74) is 0.340. The summed E-state index contributed by atoms with van der Waals surface area (Å²) in [6.07, 6.45) is 2.85. The molecular weight excluding hydrogens is 210 g/mol. The van der Waals surface area contributed by atoms with Crippen LogP contribution in [0.4, 0.5) is 0 Å². The number of ether oxygens (including phenoxy) is 1. The zero-order chi connectivity index (χ0) is 13.1. The third kappa shape index (κ3) is 3.23. The average Bonchev–Trinajstić information content (AvgIpc) is 2.30. The third-order valence-electron chi connectivity index (χ3n) is 4.94. The van der Waals surface area contributed by atoms with E-state index in [2.05, 4.69) is 46.9 Å². The molecule has 1 N–H and O–H groups in total. The molecule has 1 rings (SSSR count). The molecule has 0 saturated heterocycles. The van der Waals surface area contributed by atoms with Gasteiger partial charge in [-0.3, -0.25) is 0 Å². The van der Waals surface area contributed by atoms with E-state index in [9.17, 15) is 0 Å². The molecule has 0 bridgehead atoms. The van der Waals surface area contributed by atoms with Crippen LogP contribution in [0.2, 0.25) is 0 Å². The fourth-order valence-electron chi connectivity index (χ4n) is 2.63. The van der Waals surface area contributed by atoms with E-state index < -0.39 is 0 Å². The highest BCUT2D eigenvalue weighted by Gasteiger charge is 2.50. The van der Waals surface area contributed by atoms with Gasteiger partial charge in [-0.15, -0.1) is 0 Å². The van der Waals surface area contributed by atoms with Gasteiger partial charge < -0.3 is 10.1 Å². The Morgan fingerprint density at radius 2 is 1.94 bits per heavy atom. The van der Waals surface area contributed by atoms with Crippen molar-refractivity contribution < 1.29 is 4.74 Å². The maximum atomic E-state index is 5.83. The largest absolute Gasteiger partial charge is 0.378 e. The van der Waals surface area contributed by atoms with Crippen molar-refractivity contribution >= 4 is 0 Å². The van der Waals surface area contributed by atoms with Gasteiger partial charge in [-0.2, -0.15) is 0 Å². The van der Waals surface area contributed by atoms with Crippen molar-refractivity contribution in [2.75, 3.05) is 13.2 Å². The van der Waals surface area contributed by atoms with Crippen LogP contribution in [-0.4, -0.2) is 25.3 Å². The van der Waals surface area contributed by atoms with Crippen LogP contribution in [0, 0.1) is 17.3 Å². The van der Waals surface area contributed by atoms with Crippen molar-refractivity contribution in [3.63, 3.8) is 0 Å². The molecular formula is C15H31NO. The molecule has 1 saturated carbocycles. The second-order valence-electron chi connectivity index (χ2n) is 6.22. The van der Waals surface area contributed by atoms with Crippen LogP contribution >= 0.6 is 0 Å². The molecule has 0 aromatic heterocycles. The molecule has 0 heterocycles. The van der Waals surface area contributed by atoms with E-state index in [1.807, 2.05) is 0 Å². The molecule has 1 aliphatic carbocycles. The molecule has 2 nitrogen and oxygen atoms in total. The molecule has 0 radical (unpaired) electrons. The highest BCUT2D eigenvalue weighted by atomic mass is 16.5. The van der Waals surface area contributed by atoms with Crippen LogP contribution in [-0.2, 0) is 4.74 Å². The van der Waals surface area contributed by atoms with Crippen LogP contribution in [0.1, 0.15) is 54.4 Å². The molecule has 17 heavy (non-hydrogen) atoms. The zero-order valence-electron chi connectivity index (χ0n) is 12.5. The van der Waals surface area contributed by atoms with E-state index >= 15 is 0 Å². The lowest BCUT2D eigenvalue weighted by atomic mass is 9.61. The van der Waals surface area contributed by atoms with Crippen LogP contribution in [0.15, 0.2) is 0 Å². The Bertz CT molecular complexity index is 229. The number of hydrogen-bond acceptors (Lipinski definition) is 2. The van der Waals surface area contributed by atoms with Gasteiger partial charge in [-0.25, -0.2) is 0 Å². The fourth-order valence-corrected chi connectivity index (χ4v) is 2.63. The summed E-state index contributed by atoms with van der Waals surface area (Å²) in [5, 5.41) is 3.75. The maximum absolute atomic E-state index is 5.83. The Hall–Kier alpha value is -0.0800. The number of rotatable bonds is 7. The van der Waals surface area contributed by atoms with Gasteiger partial charge in [0.1, 0.15) is 0 Å². The number of nitrogens with one attached hydrogen (secondary N) is 1. The van der Waals surface area contributed by atoms with E-state index in [0.29, 0.717) is 17.6 Å². The van der Waals surface area contributed by atoms with Gasteiger partial charge in [-0.05, 0) is 38.1 Å². The van der Waals surface area contributed by atoms with E-state index in [0.717, 1.165) is 25.0 Å². The van der Waals surface area contributed by atoms with E-state index in [1.165, 1.54) is 12.8 Å². The first-order valence-electron chi connectivity index (χ1n) is 7.30.